The summed E-state index contributed by atoms with van der Waals surface area (Å²) in [6, 6.07) is 0. The molecule has 1 fully saturated rings. The van der Waals surface area contributed by atoms with Gasteiger partial charge in [0.05, 0.1) is 17.6 Å². The standard InChI is InChI=1S/C12H22NO3/c1-8(2)16-10(14)9-7-11(3,4)13(15)12(9,5)6/h8-9H,7H2,1-6H3. The lowest BCUT2D eigenvalue weighted by atomic mass is 9.87. The summed E-state index contributed by atoms with van der Waals surface area (Å²) >= 11 is 0. The van der Waals surface area contributed by atoms with Gasteiger partial charge in [-0.05, 0) is 48.0 Å². The van der Waals surface area contributed by atoms with Crippen molar-refractivity contribution >= 4 is 5.97 Å². The highest BCUT2D eigenvalue weighted by Gasteiger charge is 2.55. The third-order valence-electron chi connectivity index (χ3n) is 3.27. The number of carbonyl (C=O) groups is 1. The fourth-order valence-corrected chi connectivity index (χ4v) is 2.44. The van der Waals surface area contributed by atoms with Crippen LogP contribution in [0.2, 0.25) is 0 Å². The van der Waals surface area contributed by atoms with Gasteiger partial charge in [-0.1, -0.05) is 0 Å². The number of ether oxygens (including phenoxy) is 1. The Morgan fingerprint density at radius 1 is 1.31 bits per heavy atom. The molecule has 0 aromatic carbocycles. The van der Waals surface area contributed by atoms with E-state index >= 15 is 0 Å². The summed E-state index contributed by atoms with van der Waals surface area (Å²) in [5.74, 6) is -0.603. The summed E-state index contributed by atoms with van der Waals surface area (Å²) < 4.78 is 5.21. The number of nitrogens with zero attached hydrogens (tertiary/aromatic N) is 1. The van der Waals surface area contributed by atoms with Crippen LogP contribution in [0, 0.1) is 5.92 Å². The predicted octanol–water partition coefficient (Wildman–Crippen LogP) is 2.16. The molecule has 0 aromatic rings. The summed E-state index contributed by atoms with van der Waals surface area (Å²) in [7, 11) is 0. The Morgan fingerprint density at radius 3 is 2.12 bits per heavy atom. The van der Waals surface area contributed by atoms with Crippen LogP contribution in [-0.4, -0.2) is 28.2 Å². The monoisotopic (exact) mass is 228 g/mol. The van der Waals surface area contributed by atoms with E-state index in [1.54, 1.807) is 13.8 Å². The van der Waals surface area contributed by atoms with E-state index in [-0.39, 0.29) is 18.0 Å². The van der Waals surface area contributed by atoms with Gasteiger partial charge in [-0.15, -0.1) is 10.3 Å². The van der Waals surface area contributed by atoms with Crippen molar-refractivity contribution in [3.8, 4) is 0 Å². The fourth-order valence-electron chi connectivity index (χ4n) is 2.44. The Labute approximate surface area is 97.5 Å². The zero-order chi connectivity index (χ0) is 12.7. The van der Waals surface area contributed by atoms with Crippen molar-refractivity contribution in [2.24, 2.45) is 5.92 Å². The average Bonchev–Trinajstić information content (AvgIpc) is 2.25. The molecular weight excluding hydrogens is 206 g/mol. The van der Waals surface area contributed by atoms with Gasteiger partial charge in [-0.25, -0.2) is 0 Å². The van der Waals surface area contributed by atoms with E-state index in [1.807, 2.05) is 27.7 Å². The van der Waals surface area contributed by atoms with Crippen LogP contribution in [0.1, 0.15) is 48.0 Å². The number of rotatable bonds is 2. The maximum Gasteiger partial charge on any atom is 0.311 e. The van der Waals surface area contributed by atoms with Crippen LogP contribution < -0.4 is 0 Å². The minimum atomic E-state index is -0.685. The molecule has 1 aliphatic heterocycles. The molecule has 0 bridgehead atoms. The van der Waals surface area contributed by atoms with E-state index < -0.39 is 11.1 Å². The molecular formula is C12H22NO3. The van der Waals surface area contributed by atoms with Crippen molar-refractivity contribution < 1.29 is 14.7 Å². The van der Waals surface area contributed by atoms with Gasteiger partial charge >= 0.3 is 5.97 Å². The number of esters is 1. The van der Waals surface area contributed by atoms with Crippen molar-refractivity contribution in [2.45, 2.75) is 65.1 Å². The lowest BCUT2D eigenvalue weighted by Gasteiger charge is -2.33. The van der Waals surface area contributed by atoms with Gasteiger partial charge in [0.1, 0.15) is 0 Å². The lowest BCUT2D eigenvalue weighted by molar-refractivity contribution is -0.249. The Bertz CT molecular complexity index is 284. The summed E-state index contributed by atoms with van der Waals surface area (Å²) in [4.78, 5) is 11.9. The number of hydrogen-bond donors (Lipinski definition) is 0. The number of hydrogen-bond acceptors (Lipinski definition) is 3. The minimum absolute atomic E-state index is 0.132. The minimum Gasteiger partial charge on any atom is -0.463 e. The van der Waals surface area contributed by atoms with Crippen molar-refractivity contribution in [3.05, 3.63) is 0 Å². The van der Waals surface area contributed by atoms with Crippen LogP contribution in [-0.2, 0) is 14.7 Å². The van der Waals surface area contributed by atoms with Crippen molar-refractivity contribution in [2.75, 3.05) is 0 Å². The van der Waals surface area contributed by atoms with E-state index in [2.05, 4.69) is 0 Å². The second-order valence-corrected chi connectivity index (χ2v) is 6.00. The molecule has 0 spiro atoms. The van der Waals surface area contributed by atoms with Crippen LogP contribution in [0.3, 0.4) is 0 Å². The molecule has 1 atom stereocenters. The molecule has 4 nitrogen and oxygen atoms in total. The van der Waals surface area contributed by atoms with Gasteiger partial charge in [0.2, 0.25) is 0 Å². The maximum atomic E-state index is 12.1. The van der Waals surface area contributed by atoms with Gasteiger partial charge in [-0.2, -0.15) is 0 Å². The largest absolute Gasteiger partial charge is 0.463 e. The first-order valence-electron chi connectivity index (χ1n) is 5.77. The molecule has 1 radical (unpaired) electrons. The first-order valence-corrected chi connectivity index (χ1v) is 5.77. The first-order chi connectivity index (χ1) is 7.09. The molecule has 93 valence electrons. The molecule has 0 aromatic heterocycles. The fraction of sp³-hybridized carbons (Fsp3) is 0.917. The lowest BCUT2D eigenvalue weighted by Crippen LogP contribution is -2.47. The van der Waals surface area contributed by atoms with Gasteiger partial charge in [0, 0.05) is 5.54 Å². The van der Waals surface area contributed by atoms with Crippen molar-refractivity contribution in [1.29, 1.82) is 0 Å². The van der Waals surface area contributed by atoms with Crippen LogP contribution in [0.25, 0.3) is 0 Å². The second kappa shape index (κ2) is 4.00. The predicted molar refractivity (Wildman–Crippen MR) is 60.0 cm³/mol. The Kier molecular flexibility index (Phi) is 3.37. The van der Waals surface area contributed by atoms with Crippen LogP contribution in [0.5, 0.6) is 0 Å². The highest BCUT2D eigenvalue weighted by Crippen LogP contribution is 2.44. The van der Waals surface area contributed by atoms with E-state index in [4.69, 9.17) is 4.74 Å². The maximum absolute atomic E-state index is 12.1. The Balaban J connectivity index is 2.87. The van der Waals surface area contributed by atoms with E-state index in [0.717, 1.165) is 5.06 Å². The van der Waals surface area contributed by atoms with Gasteiger partial charge < -0.3 is 4.74 Å². The highest BCUT2D eigenvalue weighted by atomic mass is 16.5. The zero-order valence-electron chi connectivity index (χ0n) is 11.0. The topological polar surface area (TPSA) is 49.4 Å². The Morgan fingerprint density at radius 2 is 1.81 bits per heavy atom. The molecule has 0 amide bonds. The molecule has 1 unspecified atom stereocenters. The third kappa shape index (κ3) is 2.23. The molecule has 0 saturated carbocycles. The average molecular weight is 228 g/mol. The summed E-state index contributed by atoms with van der Waals surface area (Å²) in [5, 5.41) is 13.1. The molecule has 1 saturated heterocycles. The smallest absolute Gasteiger partial charge is 0.311 e. The van der Waals surface area contributed by atoms with E-state index in [1.165, 1.54) is 0 Å². The van der Waals surface area contributed by atoms with E-state index in [9.17, 15) is 10.0 Å². The quantitative estimate of drug-likeness (QED) is 0.680. The number of hydroxylamine groups is 2. The molecule has 16 heavy (non-hydrogen) atoms. The molecule has 1 heterocycles. The third-order valence-corrected chi connectivity index (χ3v) is 3.27. The van der Waals surface area contributed by atoms with Gasteiger partial charge in [-0.3, -0.25) is 4.79 Å². The summed E-state index contributed by atoms with van der Waals surface area (Å²) in [5.41, 5.74) is -1.18. The van der Waals surface area contributed by atoms with Crippen LogP contribution in [0.15, 0.2) is 0 Å². The number of carbonyl (C=O) groups excluding carboxylic acids is 1. The molecule has 4 heteroatoms. The zero-order valence-corrected chi connectivity index (χ0v) is 11.0. The second-order valence-electron chi connectivity index (χ2n) is 6.00. The van der Waals surface area contributed by atoms with Gasteiger partial charge in [0.25, 0.3) is 0 Å². The molecule has 1 rings (SSSR count). The summed E-state index contributed by atoms with van der Waals surface area (Å²) in [6.45, 7) is 11.0. The molecule has 1 aliphatic rings. The van der Waals surface area contributed by atoms with Gasteiger partial charge in [0.15, 0.2) is 0 Å². The van der Waals surface area contributed by atoms with Crippen LogP contribution >= 0.6 is 0 Å². The van der Waals surface area contributed by atoms with Crippen LogP contribution in [0.4, 0.5) is 0 Å². The summed E-state index contributed by atoms with van der Waals surface area (Å²) in [6.07, 6.45) is 0.418. The first kappa shape index (κ1) is 13.5. The van der Waals surface area contributed by atoms with Crippen molar-refractivity contribution in [3.63, 3.8) is 0 Å². The Hall–Kier alpha value is -0.610. The normalized spacial score (nSPS) is 28.4. The molecule has 0 N–H and O–H groups in total. The SMILES string of the molecule is CC(C)OC(=O)C1CC(C)(C)N([O])C1(C)C. The van der Waals surface area contributed by atoms with Crippen molar-refractivity contribution in [1.82, 2.24) is 5.06 Å². The highest BCUT2D eigenvalue weighted by molar-refractivity contribution is 5.75. The van der Waals surface area contributed by atoms with E-state index in [0.29, 0.717) is 6.42 Å². The molecule has 0 aliphatic carbocycles.